The third-order valence-electron chi connectivity index (χ3n) is 2.68. The molecule has 88 valence electrons. The molecule has 0 aliphatic carbocycles. The Bertz CT molecular complexity index is 496. The lowest BCUT2D eigenvalue weighted by molar-refractivity contribution is 0.111. The zero-order chi connectivity index (χ0) is 12.4. The van der Waals surface area contributed by atoms with Crippen LogP contribution < -0.4 is 4.90 Å². The zero-order valence-electron chi connectivity index (χ0n) is 9.31. The second-order valence-electron chi connectivity index (χ2n) is 3.87. The van der Waals surface area contributed by atoms with Crippen LogP contribution >= 0.6 is 11.6 Å². The number of anilines is 1. The molecule has 1 heterocycles. The SMILES string of the molecule is Cc1ccc(Cl)cc1N1CCC(C#N)OC1=O. The maximum Gasteiger partial charge on any atom is 0.415 e. The molecule has 0 radical (unpaired) electrons. The smallest absolute Gasteiger partial charge is 0.415 e. The Morgan fingerprint density at radius 1 is 1.59 bits per heavy atom. The zero-order valence-corrected chi connectivity index (χ0v) is 10.1. The van der Waals surface area contributed by atoms with Gasteiger partial charge in [-0.15, -0.1) is 0 Å². The van der Waals surface area contributed by atoms with Crippen LogP contribution in [0.3, 0.4) is 0 Å². The molecule has 1 atom stereocenters. The monoisotopic (exact) mass is 250 g/mol. The lowest BCUT2D eigenvalue weighted by atomic mass is 10.1. The van der Waals surface area contributed by atoms with Gasteiger partial charge in [0.1, 0.15) is 6.07 Å². The summed E-state index contributed by atoms with van der Waals surface area (Å²) in [5, 5.41) is 9.27. The van der Waals surface area contributed by atoms with Crippen LogP contribution in [0.1, 0.15) is 12.0 Å². The number of nitriles is 1. The average Bonchev–Trinajstić information content (AvgIpc) is 2.32. The van der Waals surface area contributed by atoms with Gasteiger partial charge in [0.15, 0.2) is 6.10 Å². The van der Waals surface area contributed by atoms with E-state index in [-0.39, 0.29) is 0 Å². The van der Waals surface area contributed by atoms with Gasteiger partial charge in [0.05, 0.1) is 5.69 Å². The van der Waals surface area contributed by atoms with E-state index in [4.69, 9.17) is 21.6 Å². The summed E-state index contributed by atoms with van der Waals surface area (Å²) in [4.78, 5) is 13.2. The third-order valence-corrected chi connectivity index (χ3v) is 2.92. The first-order valence-corrected chi connectivity index (χ1v) is 5.63. The van der Waals surface area contributed by atoms with E-state index < -0.39 is 12.2 Å². The summed E-state index contributed by atoms with van der Waals surface area (Å²) in [5.74, 6) is 0. The first kappa shape index (κ1) is 11.7. The summed E-state index contributed by atoms with van der Waals surface area (Å²) >= 11 is 5.91. The van der Waals surface area contributed by atoms with E-state index in [1.165, 1.54) is 4.90 Å². The average molecular weight is 251 g/mol. The van der Waals surface area contributed by atoms with Crippen LogP contribution in [0.4, 0.5) is 10.5 Å². The van der Waals surface area contributed by atoms with Gasteiger partial charge < -0.3 is 4.74 Å². The van der Waals surface area contributed by atoms with E-state index >= 15 is 0 Å². The first-order chi connectivity index (χ1) is 8.11. The predicted molar refractivity (Wildman–Crippen MR) is 64.0 cm³/mol. The summed E-state index contributed by atoms with van der Waals surface area (Å²) in [6, 6.07) is 7.28. The molecule has 2 rings (SSSR count). The van der Waals surface area contributed by atoms with Gasteiger partial charge in [0, 0.05) is 18.0 Å². The molecule has 0 saturated carbocycles. The second kappa shape index (κ2) is 4.64. The number of hydrogen-bond acceptors (Lipinski definition) is 3. The highest BCUT2D eigenvalue weighted by molar-refractivity contribution is 6.31. The van der Waals surface area contributed by atoms with E-state index in [0.717, 1.165) is 11.3 Å². The van der Waals surface area contributed by atoms with Crippen molar-refractivity contribution >= 4 is 23.4 Å². The van der Waals surface area contributed by atoms with Gasteiger partial charge in [0.25, 0.3) is 0 Å². The van der Waals surface area contributed by atoms with Crippen molar-refractivity contribution in [1.82, 2.24) is 0 Å². The predicted octanol–water partition coefficient (Wildman–Crippen LogP) is 2.89. The highest BCUT2D eigenvalue weighted by Crippen LogP contribution is 2.27. The minimum atomic E-state index is -0.641. The van der Waals surface area contributed by atoms with E-state index in [9.17, 15) is 4.79 Å². The third kappa shape index (κ3) is 2.34. The van der Waals surface area contributed by atoms with Crippen LogP contribution in [0.5, 0.6) is 0 Å². The van der Waals surface area contributed by atoms with Crippen LogP contribution in [0.15, 0.2) is 18.2 Å². The van der Waals surface area contributed by atoms with Gasteiger partial charge in [-0.3, -0.25) is 4.90 Å². The molecule has 1 aromatic rings. The molecule has 4 nitrogen and oxygen atoms in total. The molecule has 0 aromatic heterocycles. The van der Waals surface area contributed by atoms with Crippen molar-refractivity contribution in [2.75, 3.05) is 11.4 Å². The fourth-order valence-corrected chi connectivity index (χ4v) is 1.93. The molecular formula is C12H11ClN2O2. The minimum absolute atomic E-state index is 0.470. The number of halogens is 1. The van der Waals surface area contributed by atoms with Crippen molar-refractivity contribution in [2.24, 2.45) is 0 Å². The molecular weight excluding hydrogens is 240 g/mol. The molecule has 1 amide bonds. The Kier molecular flexibility index (Phi) is 3.21. The molecule has 1 aromatic carbocycles. The van der Waals surface area contributed by atoms with Crippen LogP contribution in [0.2, 0.25) is 5.02 Å². The Labute approximate surface area is 104 Å². The summed E-state index contributed by atoms with van der Waals surface area (Å²) in [6.07, 6.45) is -0.625. The van der Waals surface area contributed by atoms with E-state index in [0.29, 0.717) is 18.0 Å². The largest absolute Gasteiger partial charge is 0.430 e. The molecule has 0 bridgehead atoms. The van der Waals surface area contributed by atoms with Gasteiger partial charge in [-0.1, -0.05) is 17.7 Å². The van der Waals surface area contributed by atoms with Crippen molar-refractivity contribution < 1.29 is 9.53 Å². The molecule has 1 unspecified atom stereocenters. The van der Waals surface area contributed by atoms with Crippen LogP contribution in [-0.4, -0.2) is 18.7 Å². The number of nitrogens with zero attached hydrogens (tertiary/aromatic N) is 2. The van der Waals surface area contributed by atoms with Crippen molar-refractivity contribution in [2.45, 2.75) is 19.4 Å². The van der Waals surface area contributed by atoms with Gasteiger partial charge in [0.2, 0.25) is 0 Å². The molecule has 1 fully saturated rings. The topological polar surface area (TPSA) is 53.3 Å². The number of benzene rings is 1. The summed E-state index contributed by atoms with van der Waals surface area (Å²) in [6.45, 7) is 2.37. The number of amides is 1. The van der Waals surface area contributed by atoms with Crippen LogP contribution in [0, 0.1) is 18.3 Å². The molecule has 1 aliphatic heterocycles. The number of cyclic esters (lactones) is 1. The number of hydrogen-bond donors (Lipinski definition) is 0. The van der Waals surface area contributed by atoms with Crippen molar-refractivity contribution in [3.8, 4) is 6.07 Å². The second-order valence-corrected chi connectivity index (χ2v) is 4.31. The number of aryl methyl sites for hydroxylation is 1. The molecule has 1 aliphatic rings. The maximum absolute atomic E-state index is 11.7. The number of carbonyl (C=O) groups is 1. The molecule has 0 N–H and O–H groups in total. The highest BCUT2D eigenvalue weighted by Gasteiger charge is 2.28. The van der Waals surface area contributed by atoms with Gasteiger partial charge in [-0.2, -0.15) is 5.26 Å². The molecule has 17 heavy (non-hydrogen) atoms. The summed E-state index contributed by atoms with van der Waals surface area (Å²) in [5.41, 5.74) is 1.68. The fraction of sp³-hybridized carbons (Fsp3) is 0.333. The minimum Gasteiger partial charge on any atom is -0.430 e. The van der Waals surface area contributed by atoms with Crippen LogP contribution in [-0.2, 0) is 4.74 Å². The maximum atomic E-state index is 11.7. The summed E-state index contributed by atoms with van der Waals surface area (Å²) in [7, 11) is 0. The number of carbonyl (C=O) groups excluding carboxylic acids is 1. The Balaban J connectivity index is 2.27. The fourth-order valence-electron chi connectivity index (χ4n) is 1.76. The van der Waals surface area contributed by atoms with E-state index in [1.54, 1.807) is 12.1 Å². The van der Waals surface area contributed by atoms with Gasteiger partial charge in [-0.05, 0) is 24.6 Å². The highest BCUT2D eigenvalue weighted by atomic mass is 35.5. The lowest BCUT2D eigenvalue weighted by Crippen LogP contribution is -2.41. The Hall–Kier alpha value is -1.73. The van der Waals surface area contributed by atoms with Crippen molar-refractivity contribution in [3.05, 3.63) is 28.8 Å². The van der Waals surface area contributed by atoms with Crippen molar-refractivity contribution in [1.29, 1.82) is 5.26 Å². The molecule has 5 heteroatoms. The molecule has 0 spiro atoms. The quantitative estimate of drug-likeness (QED) is 0.770. The lowest BCUT2D eigenvalue weighted by Gasteiger charge is -2.29. The van der Waals surface area contributed by atoms with Crippen LogP contribution in [0.25, 0.3) is 0 Å². The molecule has 1 saturated heterocycles. The van der Waals surface area contributed by atoms with Gasteiger partial charge >= 0.3 is 6.09 Å². The standard InChI is InChI=1S/C12H11ClN2O2/c1-8-2-3-9(13)6-11(8)15-5-4-10(7-14)17-12(15)16/h2-3,6,10H,4-5H2,1H3. The Morgan fingerprint density at radius 3 is 3.00 bits per heavy atom. The Morgan fingerprint density at radius 2 is 2.35 bits per heavy atom. The van der Waals surface area contributed by atoms with E-state index in [2.05, 4.69) is 0 Å². The van der Waals surface area contributed by atoms with Gasteiger partial charge in [-0.25, -0.2) is 4.79 Å². The summed E-state index contributed by atoms with van der Waals surface area (Å²) < 4.78 is 4.98. The first-order valence-electron chi connectivity index (χ1n) is 5.25. The normalized spacial score (nSPS) is 19.7. The number of rotatable bonds is 1. The number of ether oxygens (including phenoxy) is 1. The van der Waals surface area contributed by atoms with Crippen molar-refractivity contribution in [3.63, 3.8) is 0 Å². The van der Waals surface area contributed by atoms with E-state index in [1.807, 2.05) is 19.1 Å².